The Morgan fingerprint density at radius 1 is 1.04 bits per heavy atom. The molecule has 2 atom stereocenters. The Hall–Kier alpha value is -1.75. The van der Waals surface area contributed by atoms with Crippen LogP contribution in [0.2, 0.25) is 5.02 Å². The van der Waals surface area contributed by atoms with Gasteiger partial charge in [0, 0.05) is 17.6 Å². The van der Waals surface area contributed by atoms with E-state index in [-0.39, 0.29) is 6.04 Å². The van der Waals surface area contributed by atoms with Gasteiger partial charge in [0.05, 0.1) is 20.3 Å². The van der Waals surface area contributed by atoms with Crippen molar-refractivity contribution in [3.8, 4) is 11.5 Å². The highest BCUT2D eigenvalue weighted by Crippen LogP contribution is 2.27. The lowest BCUT2D eigenvalue weighted by atomic mass is 10.0. The number of aliphatic hydroxyl groups is 1. The monoisotopic (exact) mass is 335 g/mol. The molecule has 0 fully saturated rings. The van der Waals surface area contributed by atoms with Crippen LogP contribution < -0.4 is 14.8 Å². The van der Waals surface area contributed by atoms with E-state index in [9.17, 15) is 5.11 Å². The topological polar surface area (TPSA) is 50.7 Å². The van der Waals surface area contributed by atoms with E-state index in [1.807, 2.05) is 37.3 Å². The lowest BCUT2D eigenvalue weighted by Gasteiger charge is -2.21. The maximum atomic E-state index is 10.4. The predicted molar refractivity (Wildman–Crippen MR) is 92.3 cm³/mol. The molecule has 0 saturated heterocycles. The average molecular weight is 336 g/mol. The van der Waals surface area contributed by atoms with Crippen molar-refractivity contribution in [1.82, 2.24) is 5.32 Å². The van der Waals surface area contributed by atoms with Gasteiger partial charge in [-0.15, -0.1) is 0 Å². The van der Waals surface area contributed by atoms with Gasteiger partial charge in [0.15, 0.2) is 11.5 Å². The van der Waals surface area contributed by atoms with Gasteiger partial charge in [0.1, 0.15) is 0 Å². The molecule has 0 amide bonds. The zero-order valence-corrected chi connectivity index (χ0v) is 14.3. The van der Waals surface area contributed by atoms with Crippen molar-refractivity contribution in [3.05, 3.63) is 58.6 Å². The summed E-state index contributed by atoms with van der Waals surface area (Å²) in [4.78, 5) is 0. The molecule has 0 aliphatic heterocycles. The van der Waals surface area contributed by atoms with Crippen molar-refractivity contribution in [2.75, 3.05) is 14.2 Å². The van der Waals surface area contributed by atoms with Crippen LogP contribution in [0.3, 0.4) is 0 Å². The van der Waals surface area contributed by atoms with Crippen LogP contribution >= 0.6 is 11.6 Å². The molecule has 5 heteroatoms. The first-order chi connectivity index (χ1) is 11.0. The molecule has 0 aliphatic carbocycles. The molecular weight excluding hydrogens is 314 g/mol. The second-order valence-corrected chi connectivity index (χ2v) is 5.79. The van der Waals surface area contributed by atoms with E-state index in [2.05, 4.69) is 5.32 Å². The summed E-state index contributed by atoms with van der Waals surface area (Å²) >= 11 is 5.87. The molecule has 0 aliphatic rings. The van der Waals surface area contributed by atoms with Crippen molar-refractivity contribution >= 4 is 11.6 Å². The third-order valence-electron chi connectivity index (χ3n) is 3.76. The SMILES string of the molecule is COc1ccc(CNC(C)C(O)c2ccc(Cl)cc2)cc1OC. The van der Waals surface area contributed by atoms with E-state index < -0.39 is 6.10 Å². The summed E-state index contributed by atoms with van der Waals surface area (Å²) in [5.74, 6) is 1.39. The molecule has 2 N–H and O–H groups in total. The first kappa shape index (κ1) is 17.6. The minimum absolute atomic E-state index is 0.107. The van der Waals surface area contributed by atoms with Crippen LogP contribution in [-0.2, 0) is 6.54 Å². The van der Waals surface area contributed by atoms with E-state index in [1.165, 1.54) is 0 Å². The second-order valence-electron chi connectivity index (χ2n) is 5.36. The van der Waals surface area contributed by atoms with Gasteiger partial charge in [-0.1, -0.05) is 29.8 Å². The standard InChI is InChI=1S/C18H22ClNO3/c1-12(18(21)14-5-7-15(19)8-6-14)20-11-13-4-9-16(22-2)17(10-13)23-3/h4-10,12,18,20-21H,11H2,1-3H3. The van der Waals surface area contributed by atoms with Crippen LogP contribution in [-0.4, -0.2) is 25.4 Å². The predicted octanol–water partition coefficient (Wildman–Crippen LogP) is 3.57. The largest absolute Gasteiger partial charge is 0.493 e. The lowest BCUT2D eigenvalue weighted by molar-refractivity contribution is 0.135. The highest BCUT2D eigenvalue weighted by Gasteiger charge is 2.16. The van der Waals surface area contributed by atoms with Gasteiger partial charge in [-0.3, -0.25) is 0 Å². The molecule has 0 bridgehead atoms. The van der Waals surface area contributed by atoms with E-state index in [1.54, 1.807) is 26.4 Å². The van der Waals surface area contributed by atoms with Gasteiger partial charge in [-0.25, -0.2) is 0 Å². The molecule has 0 aromatic heterocycles. The summed E-state index contributed by atoms with van der Waals surface area (Å²) < 4.78 is 10.5. The average Bonchev–Trinajstić information content (AvgIpc) is 2.59. The minimum Gasteiger partial charge on any atom is -0.493 e. The Labute approximate surface area is 142 Å². The molecule has 0 radical (unpaired) electrons. The van der Waals surface area contributed by atoms with Gasteiger partial charge in [-0.05, 0) is 42.3 Å². The number of hydrogen-bond donors (Lipinski definition) is 2. The Morgan fingerprint density at radius 3 is 2.30 bits per heavy atom. The lowest BCUT2D eigenvalue weighted by Crippen LogP contribution is -2.31. The van der Waals surface area contributed by atoms with Crippen LogP contribution in [0.1, 0.15) is 24.2 Å². The first-order valence-corrected chi connectivity index (χ1v) is 7.80. The van der Waals surface area contributed by atoms with Crippen LogP contribution in [0.15, 0.2) is 42.5 Å². The number of aliphatic hydroxyl groups excluding tert-OH is 1. The summed E-state index contributed by atoms with van der Waals surface area (Å²) in [6.45, 7) is 2.56. The van der Waals surface area contributed by atoms with Gasteiger partial charge in [-0.2, -0.15) is 0 Å². The Bertz CT molecular complexity index is 631. The number of rotatable bonds is 7. The van der Waals surface area contributed by atoms with Crippen molar-refractivity contribution in [2.24, 2.45) is 0 Å². The van der Waals surface area contributed by atoms with Gasteiger partial charge in [0.2, 0.25) is 0 Å². The Kier molecular flexibility index (Phi) is 6.28. The summed E-state index contributed by atoms with van der Waals surface area (Å²) in [6.07, 6.45) is -0.604. The van der Waals surface area contributed by atoms with Crippen LogP contribution in [0.4, 0.5) is 0 Å². The fourth-order valence-corrected chi connectivity index (χ4v) is 2.46. The molecule has 124 valence electrons. The van der Waals surface area contributed by atoms with E-state index >= 15 is 0 Å². The minimum atomic E-state index is -0.604. The van der Waals surface area contributed by atoms with Gasteiger partial charge >= 0.3 is 0 Å². The third kappa shape index (κ3) is 4.61. The quantitative estimate of drug-likeness (QED) is 0.812. The highest BCUT2D eigenvalue weighted by molar-refractivity contribution is 6.30. The maximum Gasteiger partial charge on any atom is 0.161 e. The Balaban J connectivity index is 1.98. The fraction of sp³-hybridized carbons (Fsp3) is 0.333. The number of benzene rings is 2. The van der Waals surface area contributed by atoms with Crippen molar-refractivity contribution in [1.29, 1.82) is 0 Å². The van der Waals surface area contributed by atoms with E-state index in [4.69, 9.17) is 21.1 Å². The molecule has 0 heterocycles. The number of halogens is 1. The van der Waals surface area contributed by atoms with Crippen molar-refractivity contribution < 1.29 is 14.6 Å². The van der Waals surface area contributed by atoms with Crippen molar-refractivity contribution in [2.45, 2.75) is 25.6 Å². The number of ether oxygens (including phenoxy) is 2. The van der Waals surface area contributed by atoms with Crippen molar-refractivity contribution in [3.63, 3.8) is 0 Å². The first-order valence-electron chi connectivity index (χ1n) is 7.43. The molecule has 0 saturated carbocycles. The Morgan fingerprint density at radius 2 is 1.70 bits per heavy atom. The van der Waals surface area contributed by atoms with E-state index in [0.717, 1.165) is 11.1 Å². The smallest absolute Gasteiger partial charge is 0.161 e. The van der Waals surface area contributed by atoms with Crippen LogP contribution in [0, 0.1) is 0 Å². The van der Waals surface area contributed by atoms with E-state index in [0.29, 0.717) is 23.1 Å². The third-order valence-corrected chi connectivity index (χ3v) is 4.01. The van der Waals surface area contributed by atoms with Gasteiger partial charge in [0.25, 0.3) is 0 Å². The normalized spacial score (nSPS) is 13.4. The zero-order valence-electron chi connectivity index (χ0n) is 13.5. The molecular formula is C18H22ClNO3. The molecule has 2 unspecified atom stereocenters. The molecule has 4 nitrogen and oxygen atoms in total. The number of methoxy groups -OCH3 is 2. The second kappa shape index (κ2) is 8.20. The number of nitrogens with one attached hydrogen (secondary N) is 1. The molecule has 2 rings (SSSR count). The van der Waals surface area contributed by atoms with Crippen LogP contribution in [0.25, 0.3) is 0 Å². The fourth-order valence-electron chi connectivity index (χ4n) is 2.33. The maximum absolute atomic E-state index is 10.4. The summed E-state index contributed by atoms with van der Waals surface area (Å²) in [5.41, 5.74) is 1.89. The highest BCUT2D eigenvalue weighted by atomic mass is 35.5. The summed E-state index contributed by atoms with van der Waals surface area (Å²) in [5, 5.41) is 14.4. The summed E-state index contributed by atoms with van der Waals surface area (Å²) in [7, 11) is 3.22. The molecule has 23 heavy (non-hydrogen) atoms. The van der Waals surface area contributed by atoms with Crippen LogP contribution in [0.5, 0.6) is 11.5 Å². The van der Waals surface area contributed by atoms with Gasteiger partial charge < -0.3 is 19.9 Å². The molecule has 2 aromatic rings. The molecule has 2 aromatic carbocycles. The zero-order chi connectivity index (χ0) is 16.8. The summed E-state index contributed by atoms with van der Waals surface area (Å²) in [6, 6.07) is 12.9. The molecule has 0 spiro atoms. The number of hydrogen-bond acceptors (Lipinski definition) is 4.